The number of carboxylic acids is 1. The third-order valence-corrected chi connectivity index (χ3v) is 20.9. The fourth-order valence-corrected chi connectivity index (χ4v) is 13.8. The first-order valence-corrected chi connectivity index (χ1v) is 48.4. The van der Waals surface area contributed by atoms with Gasteiger partial charge in [0.1, 0.15) is 17.2 Å². The van der Waals surface area contributed by atoms with Crippen LogP contribution in [-0.2, 0) is 141 Å². The highest BCUT2D eigenvalue weighted by atomic mass is 16.6. The van der Waals surface area contributed by atoms with E-state index in [0.29, 0.717) is 311 Å². The van der Waals surface area contributed by atoms with Gasteiger partial charge in [-0.2, -0.15) is 0 Å². The number of fused-ring (bicyclic) bond motifs is 6. The predicted octanol–water partition coefficient (Wildman–Crippen LogP) is 8.13. The highest BCUT2D eigenvalue weighted by Crippen LogP contribution is 2.35. The summed E-state index contributed by atoms with van der Waals surface area (Å²) in [5.41, 5.74) is 20.1. The van der Waals surface area contributed by atoms with Gasteiger partial charge in [0.05, 0.1) is 363 Å². The van der Waals surface area contributed by atoms with Crippen molar-refractivity contribution in [3.63, 3.8) is 0 Å². The van der Waals surface area contributed by atoms with Crippen LogP contribution in [0.2, 0.25) is 0 Å². The number of piperazine rings is 2. The Morgan fingerprint density at radius 1 is 0.328 bits per heavy atom. The summed E-state index contributed by atoms with van der Waals surface area (Å²) in [7, 11) is 0. The van der Waals surface area contributed by atoms with Gasteiger partial charge in [-0.15, -0.1) is 0 Å². The summed E-state index contributed by atoms with van der Waals surface area (Å²) in [5.74, 6) is 0.880. The summed E-state index contributed by atoms with van der Waals surface area (Å²) < 4.78 is 138. The SMILES string of the molecule is CCCCc1nc2c([nH]1)c(N)cc1ccc(N3CCN(CCOCCOCCOCCOCCOCCOCCOCCOCCOCCOCCOCCOCCC(=O)O)CC3)cc12.CCCCc1nc2c([nH]1)c(N)cc1ccc(N3CCN(CCOCCOCCOCCOCCOCCOCCOCCOCCOCCOCCOCCOCCC(=O)OC(C)(C)C)CC3)cc12. The predicted molar refractivity (Wildman–Crippen MR) is 513 cm³/mol. The number of nitrogens with one attached hydrogen (secondary N) is 2. The lowest BCUT2D eigenvalue weighted by Gasteiger charge is -2.36. The quantitative estimate of drug-likeness (QED) is 0.0137. The van der Waals surface area contributed by atoms with Gasteiger partial charge in [-0.3, -0.25) is 19.4 Å². The normalized spacial score (nSPS) is 13.6. The third-order valence-electron chi connectivity index (χ3n) is 20.9. The van der Waals surface area contributed by atoms with Crippen LogP contribution in [0.5, 0.6) is 0 Å². The fourth-order valence-electron chi connectivity index (χ4n) is 13.8. The third kappa shape index (κ3) is 53.6. The van der Waals surface area contributed by atoms with Crippen LogP contribution in [-0.4, -0.2) is 435 Å². The number of aromatic nitrogens is 4. The maximum absolute atomic E-state index is 11.6. The Morgan fingerprint density at radius 2 is 0.560 bits per heavy atom. The number of hydrogen-bond acceptors (Lipinski definition) is 35. The lowest BCUT2D eigenvalue weighted by molar-refractivity contribution is -0.156. The van der Waals surface area contributed by atoms with E-state index in [-0.39, 0.29) is 25.4 Å². The first kappa shape index (κ1) is 114. The fraction of sp³-hybridized carbons (Fsp3) is 0.750. The zero-order valence-corrected chi connectivity index (χ0v) is 81.1. The minimum absolute atomic E-state index is 0.00504. The van der Waals surface area contributed by atoms with E-state index in [2.05, 4.69) is 91.9 Å². The number of aryl methyl sites for hydroxylation is 2. The minimum atomic E-state index is -0.875. The second-order valence-corrected chi connectivity index (χ2v) is 32.6. The summed E-state index contributed by atoms with van der Waals surface area (Å²) in [6.07, 6.45) is 6.58. The molecule has 0 spiro atoms. The van der Waals surface area contributed by atoms with Gasteiger partial charge in [-0.05, 0) is 80.8 Å². The van der Waals surface area contributed by atoms with Crippen molar-refractivity contribution in [2.45, 2.75) is 91.6 Å². The van der Waals surface area contributed by atoms with Crippen LogP contribution in [0.25, 0.3) is 43.6 Å². The second-order valence-electron chi connectivity index (χ2n) is 32.6. The molecule has 0 amide bonds. The molecule has 0 saturated carbocycles. The smallest absolute Gasteiger partial charge is 0.308 e. The number of nitrogens with two attached hydrogens (primary N) is 2. The number of ether oxygens (including phenoxy) is 25. The molecule has 0 aliphatic carbocycles. The van der Waals surface area contributed by atoms with Crippen LogP contribution < -0.4 is 21.3 Å². The number of aliphatic carboxylic acids is 1. The van der Waals surface area contributed by atoms with E-state index in [4.69, 9.17) is 145 Å². The van der Waals surface area contributed by atoms with Crippen LogP contribution in [0, 0.1) is 0 Å². The number of benzene rings is 4. The Hall–Kier alpha value is -6.56. The largest absolute Gasteiger partial charge is 0.481 e. The van der Waals surface area contributed by atoms with Crippen molar-refractivity contribution in [1.82, 2.24) is 29.7 Å². The molecule has 2 saturated heterocycles. The van der Waals surface area contributed by atoms with Crippen LogP contribution in [0.3, 0.4) is 0 Å². The van der Waals surface area contributed by atoms with Gasteiger partial charge in [0.2, 0.25) is 0 Å². The summed E-state index contributed by atoms with van der Waals surface area (Å²) in [5, 5.41) is 13.1. The van der Waals surface area contributed by atoms with Crippen molar-refractivity contribution in [2.75, 3.05) is 404 Å². The Morgan fingerprint density at radius 3 is 0.791 bits per heavy atom. The Bertz CT molecular complexity index is 3890. The van der Waals surface area contributed by atoms with Crippen LogP contribution >= 0.6 is 0 Å². The zero-order valence-electron chi connectivity index (χ0n) is 81.1. The minimum Gasteiger partial charge on any atom is -0.481 e. The standard InChI is InChI=1S/C50H85N5O14.C46H77N5O14/c1-5-6-7-46-52-48-44-41-43(9-8-42(44)40-45(51)49(48)53-46)55-13-11-54(12-14-55)15-17-58-19-21-60-23-25-62-27-29-64-31-33-66-35-37-68-39-38-67-36-34-65-32-30-63-28-26-61-24-22-59-20-18-57-16-10-47(56)69-50(2,3)4;1-2-3-4-43-48-45-41-38-40(6-5-39(41)37-42(47)46(45)49-43)51-10-8-50(9-11-51)12-14-55-16-18-57-20-22-59-24-26-61-28-30-63-32-34-65-36-35-64-33-31-62-29-27-60-25-23-58-21-19-56-17-15-54-13-7-44(52)53/h8-9,40-41H,5-7,10-39,51H2,1-4H3,(H,52,53);5-6,37-38H,2-4,7-36,47H2,1H3,(H,48,49)(H,52,53). The molecule has 2 aliphatic heterocycles. The molecule has 0 bridgehead atoms. The average Bonchev–Trinajstić information content (AvgIpc) is 1.58. The maximum Gasteiger partial charge on any atom is 0.308 e. The Kier molecular flexibility index (Phi) is 64.4. The summed E-state index contributed by atoms with van der Waals surface area (Å²) in [6.45, 7) is 43.0. The van der Waals surface area contributed by atoms with Crippen LogP contribution in [0.15, 0.2) is 48.5 Å². The molecule has 7 N–H and O–H groups in total. The maximum atomic E-state index is 11.6. The number of carboxylic acid groups (broad SMARTS) is 1. The van der Waals surface area contributed by atoms with Gasteiger partial charge in [0.15, 0.2) is 0 Å². The first-order valence-electron chi connectivity index (χ1n) is 48.4. The number of aromatic amines is 2. The molecule has 8 rings (SSSR count). The lowest BCUT2D eigenvalue weighted by Crippen LogP contribution is -2.47. The number of esters is 1. The number of anilines is 4. The van der Waals surface area contributed by atoms with Crippen molar-refractivity contribution in [2.24, 2.45) is 0 Å². The molecule has 2 aliphatic rings. The second kappa shape index (κ2) is 75.4. The summed E-state index contributed by atoms with van der Waals surface area (Å²) in [6, 6.07) is 17.4. The van der Waals surface area contributed by atoms with Crippen molar-refractivity contribution in [1.29, 1.82) is 0 Å². The van der Waals surface area contributed by atoms with Crippen molar-refractivity contribution < 1.29 is 133 Å². The van der Waals surface area contributed by atoms with Gasteiger partial charge < -0.3 is 155 Å². The Labute approximate surface area is 793 Å². The monoisotopic (exact) mass is 1900 g/mol. The van der Waals surface area contributed by atoms with Crippen LogP contribution in [0.4, 0.5) is 22.7 Å². The van der Waals surface area contributed by atoms with Gasteiger partial charge in [0, 0.05) is 100 Å². The van der Waals surface area contributed by atoms with E-state index in [1.807, 2.05) is 20.8 Å². The molecule has 134 heavy (non-hydrogen) atoms. The number of hydrogen-bond donors (Lipinski definition) is 5. The molecular formula is C96H162N10O28. The molecule has 0 atom stereocenters. The summed E-state index contributed by atoms with van der Waals surface area (Å²) in [4.78, 5) is 48.6. The molecule has 2 aromatic heterocycles. The molecule has 38 heteroatoms. The number of carbonyl (C=O) groups is 2. The van der Waals surface area contributed by atoms with E-state index in [1.165, 1.54) is 11.4 Å². The Balaban J connectivity index is 0.000000366. The van der Waals surface area contributed by atoms with Gasteiger partial charge in [0.25, 0.3) is 0 Å². The number of nitrogens with zero attached hydrogens (tertiary/aromatic N) is 6. The number of rotatable bonds is 86. The van der Waals surface area contributed by atoms with Crippen molar-refractivity contribution in [3.05, 3.63) is 60.2 Å². The summed E-state index contributed by atoms with van der Waals surface area (Å²) >= 11 is 0. The van der Waals surface area contributed by atoms with E-state index >= 15 is 0 Å². The molecule has 38 nitrogen and oxygen atoms in total. The molecule has 2 fully saturated rings. The highest BCUT2D eigenvalue weighted by molar-refractivity contribution is 6.11. The topological polar surface area (TPSA) is 407 Å². The molecule has 4 heterocycles. The molecular weight excluding hydrogens is 1740 g/mol. The molecule has 0 radical (unpaired) electrons. The number of carbonyl (C=O) groups excluding carboxylic acids is 1. The first-order chi connectivity index (χ1) is 65.8. The number of imidazole rings is 2. The molecule has 4 aromatic carbocycles. The van der Waals surface area contributed by atoms with E-state index in [1.54, 1.807) is 0 Å². The lowest BCUT2D eigenvalue weighted by atomic mass is 10.1. The van der Waals surface area contributed by atoms with Crippen molar-refractivity contribution in [3.8, 4) is 0 Å². The molecule has 0 unspecified atom stereocenters. The van der Waals surface area contributed by atoms with Crippen molar-refractivity contribution >= 4 is 78.3 Å². The molecule has 764 valence electrons. The number of H-pyrrole nitrogens is 2. The van der Waals surface area contributed by atoms with E-state index < -0.39 is 11.6 Å². The highest BCUT2D eigenvalue weighted by Gasteiger charge is 2.23. The zero-order chi connectivity index (χ0) is 94.9. The number of unbranched alkanes of at least 4 members (excludes halogenated alkanes) is 2. The van der Waals surface area contributed by atoms with Gasteiger partial charge in [-0.1, -0.05) is 38.8 Å². The van der Waals surface area contributed by atoms with Gasteiger partial charge >= 0.3 is 11.9 Å². The van der Waals surface area contributed by atoms with E-state index in [9.17, 15) is 9.59 Å². The molecule has 6 aromatic rings. The van der Waals surface area contributed by atoms with E-state index in [0.717, 1.165) is 171 Å². The number of nitrogen functional groups attached to an aromatic ring is 2. The average molecular weight is 1900 g/mol. The van der Waals surface area contributed by atoms with Crippen LogP contribution in [0.1, 0.15) is 84.8 Å². The van der Waals surface area contributed by atoms with Gasteiger partial charge in [-0.25, -0.2) is 9.97 Å².